The third-order valence-corrected chi connectivity index (χ3v) is 5.58. The number of carbonyl (C=O) groups is 1. The summed E-state index contributed by atoms with van der Waals surface area (Å²) in [6, 6.07) is 3.20. The first kappa shape index (κ1) is 14.1. The fourth-order valence-corrected chi connectivity index (χ4v) is 4.46. The Morgan fingerprint density at radius 2 is 2.10 bits per heavy atom. The lowest BCUT2D eigenvalue weighted by Crippen LogP contribution is -2.47. The zero-order valence-electron chi connectivity index (χ0n) is 12.3. The van der Waals surface area contributed by atoms with Gasteiger partial charge in [0.05, 0.1) is 0 Å². The molecule has 0 aliphatic carbocycles. The van der Waals surface area contributed by atoms with E-state index in [1.807, 2.05) is 0 Å². The molecule has 4 heteroatoms. The minimum atomic E-state index is 0.360. The Morgan fingerprint density at radius 3 is 2.80 bits per heavy atom. The number of carbonyl (C=O) groups excluding carboxylic acids is 1. The Morgan fingerprint density at radius 1 is 1.30 bits per heavy atom. The minimum Gasteiger partial charge on any atom is -0.338 e. The van der Waals surface area contributed by atoms with Crippen LogP contribution in [0.25, 0.3) is 0 Å². The molecular formula is C16H24N2OS. The average Bonchev–Trinajstić information content (AvgIpc) is 3.16. The highest BCUT2D eigenvalue weighted by molar-refractivity contribution is 7.07. The summed E-state index contributed by atoms with van der Waals surface area (Å²) in [6.07, 6.45) is 6.48. The summed E-state index contributed by atoms with van der Waals surface area (Å²) in [5.74, 6) is 0.360. The van der Waals surface area contributed by atoms with Gasteiger partial charge in [-0.15, -0.1) is 0 Å². The monoisotopic (exact) mass is 292 g/mol. The molecule has 1 amide bonds. The standard InChI is InChI=1S/C16H24N2OS/c1-17-9-2-4-14(17)15-5-3-10-18(15)16(19)7-6-13-8-11-20-12-13/h8,11-12,14-15H,2-7,9-10H2,1H3/t14-,15-/m0/s1. The van der Waals surface area contributed by atoms with Crippen LogP contribution in [-0.2, 0) is 11.2 Å². The molecule has 20 heavy (non-hydrogen) atoms. The summed E-state index contributed by atoms with van der Waals surface area (Å²) < 4.78 is 0. The largest absolute Gasteiger partial charge is 0.338 e. The molecule has 0 spiro atoms. The van der Waals surface area contributed by atoms with Crippen molar-refractivity contribution in [1.82, 2.24) is 9.80 Å². The average molecular weight is 292 g/mol. The van der Waals surface area contributed by atoms with Crippen molar-refractivity contribution in [3.05, 3.63) is 22.4 Å². The Bertz CT molecular complexity index is 445. The van der Waals surface area contributed by atoms with Gasteiger partial charge in [0.1, 0.15) is 0 Å². The van der Waals surface area contributed by atoms with Crippen LogP contribution in [0.5, 0.6) is 0 Å². The predicted molar refractivity (Wildman–Crippen MR) is 83.0 cm³/mol. The molecule has 0 N–H and O–H groups in total. The fraction of sp³-hybridized carbons (Fsp3) is 0.688. The topological polar surface area (TPSA) is 23.6 Å². The van der Waals surface area contributed by atoms with E-state index in [2.05, 4.69) is 33.7 Å². The zero-order chi connectivity index (χ0) is 13.9. The highest BCUT2D eigenvalue weighted by atomic mass is 32.1. The van der Waals surface area contributed by atoms with Gasteiger partial charge in [0.25, 0.3) is 0 Å². The summed E-state index contributed by atoms with van der Waals surface area (Å²) in [5.41, 5.74) is 1.30. The molecule has 0 bridgehead atoms. The van der Waals surface area contributed by atoms with Crippen molar-refractivity contribution in [3.8, 4) is 0 Å². The molecule has 2 saturated heterocycles. The maximum absolute atomic E-state index is 12.5. The summed E-state index contributed by atoms with van der Waals surface area (Å²) in [7, 11) is 2.21. The number of nitrogens with zero attached hydrogens (tertiary/aromatic N) is 2. The first-order chi connectivity index (χ1) is 9.75. The highest BCUT2D eigenvalue weighted by Gasteiger charge is 2.37. The SMILES string of the molecule is CN1CCC[C@H]1[C@@H]1CCCN1C(=O)CCc1ccsc1. The molecule has 0 saturated carbocycles. The van der Waals surface area contributed by atoms with Gasteiger partial charge in [-0.05, 0) is 68.1 Å². The molecule has 3 heterocycles. The van der Waals surface area contributed by atoms with Crippen molar-refractivity contribution in [2.75, 3.05) is 20.1 Å². The molecule has 110 valence electrons. The number of rotatable bonds is 4. The smallest absolute Gasteiger partial charge is 0.223 e. The number of thiophene rings is 1. The van der Waals surface area contributed by atoms with E-state index in [9.17, 15) is 4.79 Å². The predicted octanol–water partition coefficient (Wildman–Crippen LogP) is 2.77. The van der Waals surface area contributed by atoms with Crippen LogP contribution in [0.3, 0.4) is 0 Å². The van der Waals surface area contributed by atoms with E-state index in [1.54, 1.807) is 11.3 Å². The third kappa shape index (κ3) is 2.91. The van der Waals surface area contributed by atoms with Gasteiger partial charge >= 0.3 is 0 Å². The van der Waals surface area contributed by atoms with Crippen LogP contribution >= 0.6 is 11.3 Å². The second kappa shape index (κ2) is 6.27. The molecule has 1 aromatic heterocycles. The molecule has 2 fully saturated rings. The number of likely N-dealkylation sites (N-methyl/N-ethyl adjacent to an activating group) is 1. The first-order valence-electron chi connectivity index (χ1n) is 7.76. The normalized spacial score (nSPS) is 27.4. The van der Waals surface area contributed by atoms with Gasteiger partial charge < -0.3 is 9.80 Å². The van der Waals surface area contributed by atoms with Crippen LogP contribution in [0.1, 0.15) is 37.7 Å². The Balaban J connectivity index is 1.58. The van der Waals surface area contributed by atoms with E-state index >= 15 is 0 Å². The van der Waals surface area contributed by atoms with Gasteiger partial charge in [-0.1, -0.05) is 0 Å². The zero-order valence-corrected chi connectivity index (χ0v) is 13.1. The van der Waals surface area contributed by atoms with E-state index in [0.29, 0.717) is 24.4 Å². The lowest BCUT2D eigenvalue weighted by molar-refractivity contribution is -0.132. The van der Waals surface area contributed by atoms with E-state index < -0.39 is 0 Å². The maximum atomic E-state index is 12.5. The Hall–Kier alpha value is -0.870. The number of aryl methyl sites for hydroxylation is 1. The molecule has 1 aromatic rings. The fourth-order valence-electron chi connectivity index (χ4n) is 3.75. The molecule has 3 nitrogen and oxygen atoms in total. The summed E-state index contributed by atoms with van der Waals surface area (Å²) in [5, 5.41) is 4.24. The summed E-state index contributed by atoms with van der Waals surface area (Å²) >= 11 is 1.71. The van der Waals surface area contributed by atoms with E-state index in [0.717, 1.165) is 13.0 Å². The third-order valence-electron chi connectivity index (χ3n) is 4.85. The second-order valence-corrected chi connectivity index (χ2v) is 6.90. The number of amides is 1. The molecule has 0 unspecified atom stereocenters. The molecule has 0 aromatic carbocycles. The summed E-state index contributed by atoms with van der Waals surface area (Å²) in [4.78, 5) is 17.2. The van der Waals surface area contributed by atoms with Gasteiger partial charge in [0.15, 0.2) is 0 Å². The van der Waals surface area contributed by atoms with E-state index in [-0.39, 0.29) is 0 Å². The van der Waals surface area contributed by atoms with Gasteiger partial charge in [-0.2, -0.15) is 11.3 Å². The first-order valence-corrected chi connectivity index (χ1v) is 8.71. The van der Waals surface area contributed by atoms with Crippen LogP contribution in [0.15, 0.2) is 16.8 Å². The van der Waals surface area contributed by atoms with Crippen molar-refractivity contribution < 1.29 is 4.79 Å². The van der Waals surface area contributed by atoms with Crippen LogP contribution < -0.4 is 0 Å². The van der Waals surface area contributed by atoms with E-state index in [1.165, 1.54) is 37.8 Å². The minimum absolute atomic E-state index is 0.360. The van der Waals surface area contributed by atoms with Crippen LogP contribution in [-0.4, -0.2) is 47.9 Å². The number of likely N-dealkylation sites (tertiary alicyclic amines) is 2. The molecule has 2 aliphatic heterocycles. The van der Waals surface area contributed by atoms with Gasteiger partial charge in [-0.3, -0.25) is 4.79 Å². The molecule has 3 rings (SSSR count). The molecule has 0 radical (unpaired) electrons. The second-order valence-electron chi connectivity index (χ2n) is 6.12. The highest BCUT2D eigenvalue weighted by Crippen LogP contribution is 2.29. The van der Waals surface area contributed by atoms with Crippen molar-refractivity contribution in [2.24, 2.45) is 0 Å². The van der Waals surface area contributed by atoms with Crippen molar-refractivity contribution in [3.63, 3.8) is 0 Å². The van der Waals surface area contributed by atoms with Crippen molar-refractivity contribution in [1.29, 1.82) is 0 Å². The van der Waals surface area contributed by atoms with Crippen molar-refractivity contribution >= 4 is 17.2 Å². The Kier molecular flexibility index (Phi) is 4.41. The van der Waals surface area contributed by atoms with Crippen LogP contribution in [0.2, 0.25) is 0 Å². The lowest BCUT2D eigenvalue weighted by Gasteiger charge is -2.33. The number of hydrogen-bond acceptors (Lipinski definition) is 3. The van der Waals surface area contributed by atoms with Gasteiger partial charge in [0, 0.05) is 25.0 Å². The molecular weight excluding hydrogens is 268 g/mol. The van der Waals surface area contributed by atoms with E-state index in [4.69, 9.17) is 0 Å². The van der Waals surface area contributed by atoms with Crippen LogP contribution in [0.4, 0.5) is 0 Å². The quantitative estimate of drug-likeness (QED) is 0.852. The maximum Gasteiger partial charge on any atom is 0.223 e. The van der Waals surface area contributed by atoms with Crippen molar-refractivity contribution in [2.45, 2.75) is 50.6 Å². The molecule has 2 aliphatic rings. The number of hydrogen-bond donors (Lipinski definition) is 0. The van der Waals surface area contributed by atoms with Crippen LogP contribution in [0, 0.1) is 0 Å². The van der Waals surface area contributed by atoms with Gasteiger partial charge in [0.2, 0.25) is 5.91 Å². The lowest BCUT2D eigenvalue weighted by atomic mass is 10.0. The van der Waals surface area contributed by atoms with Gasteiger partial charge in [-0.25, -0.2) is 0 Å². The molecule has 2 atom stereocenters. The Labute approximate surface area is 125 Å². The summed E-state index contributed by atoms with van der Waals surface area (Å²) in [6.45, 7) is 2.16.